The fourth-order valence-corrected chi connectivity index (χ4v) is 3.15. The topological polar surface area (TPSA) is 88.0 Å². The van der Waals surface area contributed by atoms with Gasteiger partial charge in [-0.1, -0.05) is 18.2 Å². The highest BCUT2D eigenvalue weighted by Gasteiger charge is 2.30. The molecule has 29 heavy (non-hydrogen) atoms. The molecule has 0 aliphatic carbocycles. The monoisotopic (exact) mass is 422 g/mol. The molecule has 1 fully saturated rings. The van der Waals surface area contributed by atoms with Crippen molar-refractivity contribution >= 4 is 40.6 Å². The molecule has 1 heterocycles. The first-order valence-corrected chi connectivity index (χ1v) is 8.94. The van der Waals surface area contributed by atoms with Crippen LogP contribution < -0.4 is 10.1 Å². The van der Waals surface area contributed by atoms with E-state index in [1.54, 1.807) is 30.3 Å². The second kappa shape index (κ2) is 8.39. The van der Waals surface area contributed by atoms with E-state index >= 15 is 0 Å². The van der Waals surface area contributed by atoms with Gasteiger partial charge in [-0.2, -0.15) is 13.2 Å². The van der Waals surface area contributed by atoms with Crippen molar-refractivity contribution in [3.05, 3.63) is 64.6 Å². The summed E-state index contributed by atoms with van der Waals surface area (Å²) in [7, 11) is 0. The van der Waals surface area contributed by atoms with Gasteiger partial charge in [0, 0.05) is 0 Å². The molecule has 3 rings (SSSR count). The predicted molar refractivity (Wildman–Crippen MR) is 102 cm³/mol. The lowest BCUT2D eigenvalue weighted by Crippen LogP contribution is -2.19. The highest BCUT2D eigenvalue weighted by Crippen LogP contribution is 2.33. The Kier molecular flexibility index (Phi) is 5.92. The van der Waals surface area contributed by atoms with Gasteiger partial charge >= 0.3 is 12.1 Å². The summed E-state index contributed by atoms with van der Waals surface area (Å²) < 4.78 is 43.4. The Labute approximate surface area is 167 Å². The summed E-state index contributed by atoms with van der Waals surface area (Å²) in [6.45, 7) is -0.464. The van der Waals surface area contributed by atoms with E-state index in [0.29, 0.717) is 16.2 Å². The maximum Gasteiger partial charge on any atom is 0.416 e. The van der Waals surface area contributed by atoms with E-state index in [4.69, 9.17) is 9.84 Å². The van der Waals surface area contributed by atoms with Crippen LogP contribution in [0.4, 0.5) is 18.9 Å². The number of carboxylic acid groups (broad SMARTS) is 1. The van der Waals surface area contributed by atoms with Gasteiger partial charge in [0.2, 0.25) is 0 Å². The molecule has 0 aromatic heterocycles. The molecule has 10 heteroatoms. The van der Waals surface area contributed by atoms with Crippen LogP contribution in [-0.4, -0.2) is 28.8 Å². The van der Waals surface area contributed by atoms with Crippen molar-refractivity contribution in [2.24, 2.45) is 4.99 Å². The number of amidine groups is 1. The van der Waals surface area contributed by atoms with Crippen molar-refractivity contribution in [1.29, 1.82) is 0 Å². The van der Waals surface area contributed by atoms with Gasteiger partial charge in [-0.3, -0.25) is 4.79 Å². The molecule has 2 N–H and O–H groups in total. The van der Waals surface area contributed by atoms with E-state index in [9.17, 15) is 22.8 Å². The van der Waals surface area contributed by atoms with Gasteiger partial charge < -0.3 is 15.2 Å². The van der Waals surface area contributed by atoms with Crippen LogP contribution in [0.15, 0.2) is 58.4 Å². The van der Waals surface area contributed by atoms with Crippen molar-refractivity contribution in [2.75, 3.05) is 6.61 Å². The average Bonchev–Trinajstić information content (AvgIpc) is 2.99. The smallest absolute Gasteiger partial charge is 0.416 e. The molecule has 0 saturated carbocycles. The second-order valence-corrected chi connectivity index (χ2v) is 6.81. The lowest BCUT2D eigenvalue weighted by atomic mass is 10.2. The molecule has 2 aromatic carbocycles. The van der Waals surface area contributed by atoms with E-state index < -0.39 is 30.2 Å². The molecule has 6 nitrogen and oxygen atoms in total. The number of halogens is 3. The zero-order valence-electron chi connectivity index (χ0n) is 14.6. The molecule has 0 bridgehead atoms. The van der Waals surface area contributed by atoms with Crippen LogP contribution in [0.3, 0.4) is 0 Å². The first-order valence-electron chi connectivity index (χ1n) is 8.12. The van der Waals surface area contributed by atoms with Crippen molar-refractivity contribution < 1.29 is 32.6 Å². The fraction of sp³-hybridized carbons (Fsp3) is 0.105. The fourth-order valence-electron chi connectivity index (χ4n) is 2.31. The molecule has 2 aromatic rings. The summed E-state index contributed by atoms with van der Waals surface area (Å²) in [5, 5.41) is 11.3. The summed E-state index contributed by atoms with van der Waals surface area (Å²) in [6, 6.07) is 10.9. The highest BCUT2D eigenvalue weighted by molar-refractivity contribution is 8.18. The van der Waals surface area contributed by atoms with Crippen LogP contribution in [0.1, 0.15) is 11.1 Å². The number of carboxylic acids is 1. The van der Waals surface area contributed by atoms with Crippen LogP contribution in [-0.2, 0) is 15.8 Å². The third-order valence-corrected chi connectivity index (χ3v) is 4.51. The number of hydrogen-bond acceptors (Lipinski definition) is 5. The largest absolute Gasteiger partial charge is 0.482 e. The third-order valence-electron chi connectivity index (χ3n) is 3.60. The number of hydrogen-bond donors (Lipinski definition) is 2. The molecule has 0 radical (unpaired) electrons. The maximum absolute atomic E-state index is 12.8. The van der Waals surface area contributed by atoms with Crippen LogP contribution in [0.25, 0.3) is 6.08 Å². The number of aliphatic imine (C=N–C) groups is 1. The number of ether oxygens (including phenoxy) is 1. The lowest BCUT2D eigenvalue weighted by Gasteiger charge is -2.06. The standard InChI is InChI=1S/C19H13F3N2O4S/c20-19(21,22)12-2-1-3-13(9-12)23-18-24-17(27)15(29-18)8-11-4-6-14(7-5-11)28-10-16(25)26/h1-9H,10H2,(H,25,26)(H,23,24,27). The zero-order valence-corrected chi connectivity index (χ0v) is 15.4. The van der Waals surface area contributed by atoms with Gasteiger partial charge in [0.15, 0.2) is 11.8 Å². The molecular formula is C19H13F3N2O4S. The molecule has 150 valence electrons. The van der Waals surface area contributed by atoms with E-state index in [2.05, 4.69) is 10.3 Å². The van der Waals surface area contributed by atoms with E-state index in [-0.39, 0.29) is 10.9 Å². The Bertz CT molecular complexity index is 1000. The number of carbonyl (C=O) groups excluding carboxylic acids is 1. The van der Waals surface area contributed by atoms with E-state index in [1.165, 1.54) is 12.1 Å². The van der Waals surface area contributed by atoms with Crippen LogP contribution in [0.5, 0.6) is 5.75 Å². The molecule has 0 spiro atoms. The van der Waals surface area contributed by atoms with Crippen LogP contribution in [0, 0.1) is 0 Å². The number of benzene rings is 2. The second-order valence-electron chi connectivity index (χ2n) is 5.78. The van der Waals surface area contributed by atoms with Gasteiger partial charge in [0.05, 0.1) is 16.2 Å². The zero-order chi connectivity index (χ0) is 21.0. The van der Waals surface area contributed by atoms with Gasteiger partial charge in [-0.15, -0.1) is 0 Å². The Morgan fingerprint density at radius 2 is 1.93 bits per heavy atom. The molecule has 1 amide bonds. The normalized spacial score (nSPS) is 16.9. The van der Waals surface area contributed by atoms with Crippen molar-refractivity contribution in [1.82, 2.24) is 5.32 Å². The summed E-state index contributed by atoms with van der Waals surface area (Å²) in [5.41, 5.74) is -0.0934. The van der Waals surface area contributed by atoms with Gasteiger partial charge in [-0.05, 0) is 53.7 Å². The van der Waals surface area contributed by atoms with Crippen LogP contribution in [0.2, 0.25) is 0 Å². The quantitative estimate of drug-likeness (QED) is 0.710. The summed E-state index contributed by atoms with van der Waals surface area (Å²) >= 11 is 1.00. The predicted octanol–water partition coefficient (Wildman–Crippen LogP) is 4.06. The third kappa shape index (κ3) is 5.61. The minimum Gasteiger partial charge on any atom is -0.482 e. The molecule has 1 saturated heterocycles. The Morgan fingerprint density at radius 1 is 1.21 bits per heavy atom. The summed E-state index contributed by atoms with van der Waals surface area (Å²) in [6.07, 6.45) is -2.90. The maximum atomic E-state index is 12.8. The number of amides is 1. The first-order chi connectivity index (χ1) is 13.7. The molecule has 1 aliphatic heterocycles. The number of alkyl halides is 3. The first kappa shape index (κ1) is 20.5. The van der Waals surface area contributed by atoms with E-state index in [1.807, 2.05) is 0 Å². The minimum atomic E-state index is -4.48. The lowest BCUT2D eigenvalue weighted by molar-refractivity contribution is -0.139. The van der Waals surface area contributed by atoms with Crippen molar-refractivity contribution in [2.45, 2.75) is 6.18 Å². The van der Waals surface area contributed by atoms with Crippen LogP contribution >= 0.6 is 11.8 Å². The average molecular weight is 422 g/mol. The molecule has 0 unspecified atom stereocenters. The van der Waals surface area contributed by atoms with Crippen molar-refractivity contribution in [3.8, 4) is 5.75 Å². The summed E-state index contributed by atoms with van der Waals surface area (Å²) in [5.74, 6) is -1.15. The number of aliphatic carboxylic acids is 1. The van der Waals surface area contributed by atoms with Gasteiger partial charge in [-0.25, -0.2) is 9.79 Å². The SMILES string of the molecule is O=C(O)COc1ccc(C=C2SC(=Nc3cccc(C(F)(F)F)c3)NC2=O)cc1. The number of rotatable bonds is 5. The number of thioether (sulfide) groups is 1. The number of nitrogens with zero attached hydrogens (tertiary/aromatic N) is 1. The Morgan fingerprint density at radius 3 is 2.59 bits per heavy atom. The van der Waals surface area contributed by atoms with Crippen molar-refractivity contribution in [3.63, 3.8) is 0 Å². The van der Waals surface area contributed by atoms with E-state index in [0.717, 1.165) is 23.9 Å². The molecular weight excluding hydrogens is 409 g/mol. The Hall–Kier alpha value is -3.27. The van der Waals surface area contributed by atoms with Gasteiger partial charge in [0.1, 0.15) is 5.75 Å². The summed E-state index contributed by atoms with van der Waals surface area (Å²) in [4.78, 5) is 27.0. The minimum absolute atomic E-state index is 0.0730. The molecule has 0 atom stereocenters. The van der Waals surface area contributed by atoms with Gasteiger partial charge in [0.25, 0.3) is 5.91 Å². The molecule has 1 aliphatic rings. The number of nitrogens with one attached hydrogen (secondary N) is 1. The Balaban J connectivity index is 1.73. The number of carbonyl (C=O) groups is 2. The highest BCUT2D eigenvalue weighted by atomic mass is 32.2.